The molecular formula is C36H72NO7P. The van der Waals surface area contributed by atoms with E-state index in [9.17, 15) is 14.3 Å². The van der Waals surface area contributed by atoms with E-state index in [1.807, 2.05) is 6.08 Å². The van der Waals surface area contributed by atoms with Crippen molar-refractivity contribution in [3.05, 3.63) is 12.3 Å². The summed E-state index contributed by atoms with van der Waals surface area (Å²) in [6, 6.07) is 0. The minimum Gasteiger partial charge on any atom is -0.498 e. The first-order valence-electron chi connectivity index (χ1n) is 18.7. The van der Waals surface area contributed by atoms with Crippen molar-refractivity contribution in [2.75, 3.05) is 26.4 Å². The number of phosphoric acid groups is 1. The maximum absolute atomic E-state index is 12.5. The summed E-state index contributed by atoms with van der Waals surface area (Å²) in [6.45, 7) is 4.24. The summed E-state index contributed by atoms with van der Waals surface area (Å²) in [5, 5.41) is 0. The molecule has 0 aliphatic heterocycles. The van der Waals surface area contributed by atoms with Gasteiger partial charge in [0, 0.05) is 13.0 Å². The smallest absolute Gasteiger partial charge is 0.472 e. The monoisotopic (exact) mass is 662 g/mol. The molecule has 0 aromatic carbocycles. The number of carbonyl (C=O) groups is 1. The zero-order valence-corrected chi connectivity index (χ0v) is 30.3. The highest BCUT2D eigenvalue weighted by Gasteiger charge is 2.25. The van der Waals surface area contributed by atoms with Crippen LogP contribution in [-0.4, -0.2) is 43.3 Å². The molecule has 0 aromatic rings. The van der Waals surface area contributed by atoms with E-state index in [1.54, 1.807) is 6.26 Å². The summed E-state index contributed by atoms with van der Waals surface area (Å²) in [4.78, 5) is 22.3. The number of hydrogen-bond donors (Lipinski definition) is 2. The lowest BCUT2D eigenvalue weighted by molar-refractivity contribution is -0.153. The normalized spacial score (nSPS) is 13.7. The number of carbonyl (C=O) groups excluding carboxylic acids is 1. The van der Waals surface area contributed by atoms with Gasteiger partial charge in [-0.05, 0) is 25.3 Å². The molecule has 9 heteroatoms. The Morgan fingerprint density at radius 2 is 1.11 bits per heavy atom. The number of ether oxygens (including phenoxy) is 2. The van der Waals surface area contributed by atoms with Crippen molar-refractivity contribution in [2.45, 2.75) is 187 Å². The van der Waals surface area contributed by atoms with Gasteiger partial charge in [-0.2, -0.15) is 0 Å². The van der Waals surface area contributed by atoms with E-state index in [-0.39, 0.29) is 32.3 Å². The van der Waals surface area contributed by atoms with Gasteiger partial charge in [-0.15, -0.1) is 0 Å². The Bertz CT molecular complexity index is 707. The summed E-state index contributed by atoms with van der Waals surface area (Å²) in [5.74, 6) is -0.351. The molecular weight excluding hydrogens is 589 g/mol. The zero-order chi connectivity index (χ0) is 33.1. The molecule has 2 atom stereocenters. The Hall–Kier alpha value is -0.920. The molecule has 268 valence electrons. The third kappa shape index (κ3) is 34.2. The van der Waals surface area contributed by atoms with Crippen LogP contribution in [0.15, 0.2) is 12.3 Å². The van der Waals surface area contributed by atoms with Crippen LogP contribution in [0.5, 0.6) is 0 Å². The molecule has 0 aromatic heterocycles. The van der Waals surface area contributed by atoms with Crippen LogP contribution in [0.3, 0.4) is 0 Å². The van der Waals surface area contributed by atoms with E-state index in [2.05, 4.69) is 13.8 Å². The highest BCUT2D eigenvalue weighted by Crippen LogP contribution is 2.43. The summed E-state index contributed by atoms with van der Waals surface area (Å²) < 4.78 is 33.0. The topological polar surface area (TPSA) is 117 Å². The standard InChI is InChI=1S/C36H72NO7P/c1-3-5-7-9-11-13-15-17-18-20-22-24-26-28-31-41-33-35(34-43-45(39,40)42-32-30-37)44-36(38)29-27-25-23-21-19-16-14-12-10-8-6-4-2/h28,31,35H,3-27,29-30,32-34,37H2,1-2H3,(H,39,40)/b31-28+/t35-/m1/s1. The van der Waals surface area contributed by atoms with Crippen molar-refractivity contribution in [3.63, 3.8) is 0 Å². The average molecular weight is 662 g/mol. The number of allylic oxidation sites excluding steroid dienone is 1. The molecule has 45 heavy (non-hydrogen) atoms. The summed E-state index contributed by atoms with van der Waals surface area (Å²) in [6.07, 6.45) is 34.5. The van der Waals surface area contributed by atoms with Gasteiger partial charge in [0.1, 0.15) is 6.61 Å². The van der Waals surface area contributed by atoms with E-state index in [4.69, 9.17) is 24.3 Å². The van der Waals surface area contributed by atoms with Crippen molar-refractivity contribution in [2.24, 2.45) is 5.73 Å². The maximum Gasteiger partial charge on any atom is 0.472 e. The van der Waals surface area contributed by atoms with Crippen molar-refractivity contribution in [1.82, 2.24) is 0 Å². The van der Waals surface area contributed by atoms with Crippen molar-refractivity contribution in [1.29, 1.82) is 0 Å². The lowest BCUT2D eigenvalue weighted by Gasteiger charge is -2.19. The Morgan fingerprint density at radius 3 is 1.58 bits per heavy atom. The first-order chi connectivity index (χ1) is 21.9. The van der Waals surface area contributed by atoms with Crippen LogP contribution in [0.2, 0.25) is 0 Å². The van der Waals surface area contributed by atoms with E-state index < -0.39 is 13.9 Å². The predicted octanol–water partition coefficient (Wildman–Crippen LogP) is 10.7. The van der Waals surface area contributed by atoms with Gasteiger partial charge in [-0.3, -0.25) is 13.8 Å². The van der Waals surface area contributed by atoms with Crippen LogP contribution in [0.1, 0.15) is 181 Å². The molecule has 0 amide bonds. The Labute approximate surface area is 277 Å². The molecule has 8 nitrogen and oxygen atoms in total. The molecule has 0 rings (SSSR count). The number of unbranched alkanes of at least 4 members (excludes halogenated alkanes) is 23. The van der Waals surface area contributed by atoms with Gasteiger partial charge in [0.25, 0.3) is 0 Å². The fourth-order valence-corrected chi connectivity index (χ4v) is 6.02. The summed E-state index contributed by atoms with van der Waals surface area (Å²) in [5.41, 5.74) is 5.34. The van der Waals surface area contributed by atoms with Gasteiger partial charge in [0.2, 0.25) is 0 Å². The third-order valence-electron chi connectivity index (χ3n) is 8.03. The lowest BCUT2D eigenvalue weighted by Crippen LogP contribution is -2.27. The molecule has 1 unspecified atom stereocenters. The molecule has 0 bridgehead atoms. The van der Waals surface area contributed by atoms with Crippen molar-refractivity contribution >= 4 is 13.8 Å². The minimum absolute atomic E-state index is 0.0377. The number of nitrogens with two attached hydrogens (primary N) is 1. The van der Waals surface area contributed by atoms with E-state index in [1.165, 1.54) is 128 Å². The number of rotatable bonds is 36. The second kappa shape index (κ2) is 34.4. The SMILES string of the molecule is CCCCCCCCCCCCCC/C=C/OC[C@H](COP(=O)(O)OCCN)OC(=O)CCCCCCCCCCCCCC. The van der Waals surface area contributed by atoms with Gasteiger partial charge in [-0.25, -0.2) is 4.57 Å². The summed E-state index contributed by atoms with van der Waals surface area (Å²) in [7, 11) is -4.28. The molecule has 0 aliphatic rings. The van der Waals surface area contributed by atoms with Crippen molar-refractivity contribution in [3.8, 4) is 0 Å². The number of esters is 1. The van der Waals surface area contributed by atoms with Crippen molar-refractivity contribution < 1.29 is 32.8 Å². The second-order valence-electron chi connectivity index (χ2n) is 12.5. The van der Waals surface area contributed by atoms with Gasteiger partial charge in [0.05, 0.1) is 19.5 Å². The van der Waals surface area contributed by atoms with Gasteiger partial charge >= 0.3 is 13.8 Å². The lowest BCUT2D eigenvalue weighted by atomic mass is 10.0. The van der Waals surface area contributed by atoms with Crippen LogP contribution in [0.25, 0.3) is 0 Å². The molecule has 0 fully saturated rings. The fraction of sp³-hybridized carbons (Fsp3) is 0.917. The minimum atomic E-state index is -4.28. The predicted molar refractivity (Wildman–Crippen MR) is 187 cm³/mol. The highest BCUT2D eigenvalue weighted by molar-refractivity contribution is 7.47. The molecule has 3 N–H and O–H groups in total. The Balaban J connectivity index is 4.13. The van der Waals surface area contributed by atoms with Crippen LogP contribution in [0, 0.1) is 0 Å². The maximum atomic E-state index is 12.5. The second-order valence-corrected chi connectivity index (χ2v) is 14.0. The fourth-order valence-electron chi connectivity index (χ4n) is 5.26. The number of phosphoric ester groups is 1. The zero-order valence-electron chi connectivity index (χ0n) is 29.4. The summed E-state index contributed by atoms with van der Waals surface area (Å²) >= 11 is 0. The van der Waals surface area contributed by atoms with Gasteiger partial charge < -0.3 is 20.1 Å². The number of hydrogen-bond acceptors (Lipinski definition) is 7. The molecule has 0 radical (unpaired) electrons. The first-order valence-corrected chi connectivity index (χ1v) is 20.2. The molecule has 0 aliphatic carbocycles. The Kier molecular flexibility index (Phi) is 33.7. The molecule has 0 saturated heterocycles. The quantitative estimate of drug-likeness (QED) is 0.0295. The van der Waals surface area contributed by atoms with Crippen LogP contribution < -0.4 is 5.73 Å². The van der Waals surface area contributed by atoms with Crippen LogP contribution in [0.4, 0.5) is 0 Å². The highest BCUT2D eigenvalue weighted by atomic mass is 31.2. The van der Waals surface area contributed by atoms with E-state index in [0.29, 0.717) is 6.42 Å². The molecule has 0 spiro atoms. The van der Waals surface area contributed by atoms with Crippen LogP contribution >= 0.6 is 7.82 Å². The third-order valence-corrected chi connectivity index (χ3v) is 9.01. The first kappa shape index (κ1) is 44.1. The largest absolute Gasteiger partial charge is 0.498 e. The average Bonchev–Trinajstić information content (AvgIpc) is 3.02. The molecule has 0 saturated carbocycles. The van der Waals surface area contributed by atoms with Gasteiger partial charge in [-0.1, -0.05) is 155 Å². The Morgan fingerprint density at radius 1 is 0.667 bits per heavy atom. The van der Waals surface area contributed by atoms with E-state index in [0.717, 1.165) is 32.1 Å². The van der Waals surface area contributed by atoms with Crippen LogP contribution in [-0.2, 0) is 27.9 Å². The molecule has 0 heterocycles. The van der Waals surface area contributed by atoms with E-state index >= 15 is 0 Å². The van der Waals surface area contributed by atoms with Gasteiger partial charge in [0.15, 0.2) is 6.10 Å².